The fourth-order valence-electron chi connectivity index (χ4n) is 1.75. The number of amides is 1. The highest BCUT2D eigenvalue weighted by Gasteiger charge is 2.19. The molecule has 0 aliphatic heterocycles. The Labute approximate surface area is 98.9 Å². The van der Waals surface area contributed by atoms with Gasteiger partial charge in [0.05, 0.1) is 0 Å². The predicted molar refractivity (Wildman–Crippen MR) is 64.9 cm³/mol. The predicted octanol–water partition coefficient (Wildman–Crippen LogP) is 2.85. The van der Waals surface area contributed by atoms with Gasteiger partial charge in [0.1, 0.15) is 0 Å². The summed E-state index contributed by atoms with van der Waals surface area (Å²) in [4.78, 5) is 10.9. The normalized spacial score (nSPS) is 12.1. The van der Waals surface area contributed by atoms with Crippen LogP contribution in [-0.2, 0) is 4.79 Å². The second-order valence-corrected chi connectivity index (χ2v) is 3.72. The first-order valence-corrected chi connectivity index (χ1v) is 5.28. The lowest BCUT2D eigenvalue weighted by Gasteiger charge is -2.11. The molecule has 86 valence electrons. The summed E-state index contributed by atoms with van der Waals surface area (Å²) in [6.07, 6.45) is -1.77. The number of rotatable bonds is 3. The Morgan fingerprint density at radius 3 is 2.24 bits per heavy atom. The molecule has 17 heavy (non-hydrogen) atoms. The van der Waals surface area contributed by atoms with Crippen LogP contribution in [0.15, 0.2) is 54.6 Å². The molecule has 0 spiro atoms. The van der Waals surface area contributed by atoms with E-state index in [0.717, 1.165) is 5.56 Å². The van der Waals surface area contributed by atoms with Crippen molar-refractivity contribution in [1.82, 2.24) is 0 Å². The summed E-state index contributed by atoms with van der Waals surface area (Å²) < 4.78 is 13.7. The minimum atomic E-state index is -1.77. The zero-order valence-electron chi connectivity index (χ0n) is 9.14. The first-order valence-electron chi connectivity index (χ1n) is 5.28. The molecule has 2 aromatic rings. The molecule has 0 bridgehead atoms. The van der Waals surface area contributed by atoms with Crippen molar-refractivity contribution in [2.75, 3.05) is 0 Å². The van der Waals surface area contributed by atoms with Gasteiger partial charge in [-0.05, 0) is 11.1 Å². The van der Waals surface area contributed by atoms with Crippen molar-refractivity contribution in [2.45, 2.75) is 6.17 Å². The van der Waals surface area contributed by atoms with Gasteiger partial charge in [-0.1, -0.05) is 54.6 Å². The molecule has 0 aliphatic rings. The Morgan fingerprint density at radius 1 is 1.00 bits per heavy atom. The van der Waals surface area contributed by atoms with Gasteiger partial charge in [-0.15, -0.1) is 0 Å². The SMILES string of the molecule is NC(=O)C(F)c1ccccc1-c1ccccc1. The molecule has 0 saturated carbocycles. The summed E-state index contributed by atoms with van der Waals surface area (Å²) in [5.74, 6) is -0.964. The number of carbonyl (C=O) groups is 1. The average molecular weight is 229 g/mol. The topological polar surface area (TPSA) is 43.1 Å². The van der Waals surface area contributed by atoms with E-state index in [0.29, 0.717) is 11.1 Å². The summed E-state index contributed by atoms with van der Waals surface area (Å²) in [7, 11) is 0. The van der Waals surface area contributed by atoms with E-state index in [9.17, 15) is 9.18 Å². The molecular weight excluding hydrogens is 217 g/mol. The third kappa shape index (κ3) is 2.33. The number of hydrogen-bond donors (Lipinski definition) is 1. The maximum absolute atomic E-state index is 13.7. The molecular formula is C14H12FNO. The van der Waals surface area contributed by atoms with Gasteiger partial charge in [-0.3, -0.25) is 4.79 Å². The lowest BCUT2D eigenvalue weighted by Crippen LogP contribution is -2.18. The maximum atomic E-state index is 13.7. The molecule has 1 amide bonds. The molecule has 2 nitrogen and oxygen atoms in total. The third-order valence-electron chi connectivity index (χ3n) is 2.57. The van der Waals surface area contributed by atoms with Gasteiger partial charge in [0.25, 0.3) is 5.91 Å². The van der Waals surface area contributed by atoms with Crippen molar-refractivity contribution < 1.29 is 9.18 Å². The molecule has 2 rings (SSSR count). The standard InChI is InChI=1S/C14H12FNO/c15-13(14(16)17)12-9-5-4-8-11(12)10-6-2-1-3-7-10/h1-9,13H,(H2,16,17). The molecule has 3 heteroatoms. The Bertz CT molecular complexity index is 525. The number of hydrogen-bond acceptors (Lipinski definition) is 1. The van der Waals surface area contributed by atoms with E-state index in [2.05, 4.69) is 0 Å². The van der Waals surface area contributed by atoms with E-state index in [1.54, 1.807) is 24.3 Å². The number of alkyl halides is 1. The van der Waals surface area contributed by atoms with Crippen molar-refractivity contribution >= 4 is 5.91 Å². The van der Waals surface area contributed by atoms with Crippen LogP contribution in [-0.4, -0.2) is 5.91 Å². The van der Waals surface area contributed by atoms with Gasteiger partial charge >= 0.3 is 0 Å². The lowest BCUT2D eigenvalue weighted by molar-refractivity contribution is -0.122. The molecule has 0 saturated heterocycles. The lowest BCUT2D eigenvalue weighted by atomic mass is 9.97. The molecule has 0 radical (unpaired) electrons. The fourth-order valence-corrected chi connectivity index (χ4v) is 1.75. The van der Waals surface area contributed by atoms with E-state index in [1.807, 2.05) is 30.3 Å². The quantitative estimate of drug-likeness (QED) is 0.864. The van der Waals surface area contributed by atoms with Crippen molar-refractivity contribution in [3.05, 3.63) is 60.2 Å². The first-order chi connectivity index (χ1) is 8.20. The Balaban J connectivity index is 2.52. The number of nitrogens with two attached hydrogens (primary N) is 1. The Hall–Kier alpha value is -2.16. The summed E-state index contributed by atoms with van der Waals surface area (Å²) in [5.41, 5.74) is 6.87. The van der Waals surface area contributed by atoms with Crippen LogP contribution in [0.4, 0.5) is 4.39 Å². The van der Waals surface area contributed by atoms with E-state index in [1.165, 1.54) is 0 Å². The molecule has 2 aromatic carbocycles. The fraction of sp³-hybridized carbons (Fsp3) is 0.0714. The van der Waals surface area contributed by atoms with Gasteiger partial charge in [0, 0.05) is 5.56 Å². The van der Waals surface area contributed by atoms with E-state index >= 15 is 0 Å². The third-order valence-corrected chi connectivity index (χ3v) is 2.57. The summed E-state index contributed by atoms with van der Waals surface area (Å²) in [6, 6.07) is 16.2. The van der Waals surface area contributed by atoms with Crippen molar-refractivity contribution in [1.29, 1.82) is 0 Å². The van der Waals surface area contributed by atoms with Crippen molar-refractivity contribution in [3.63, 3.8) is 0 Å². The highest BCUT2D eigenvalue weighted by atomic mass is 19.1. The first kappa shape index (κ1) is 11.3. The molecule has 0 fully saturated rings. The number of halogens is 1. The minimum absolute atomic E-state index is 0.311. The van der Waals surface area contributed by atoms with Gasteiger partial charge in [-0.2, -0.15) is 0 Å². The van der Waals surface area contributed by atoms with E-state index in [-0.39, 0.29) is 0 Å². The van der Waals surface area contributed by atoms with Crippen LogP contribution in [0.3, 0.4) is 0 Å². The second kappa shape index (κ2) is 4.78. The number of carbonyl (C=O) groups excluding carboxylic acids is 1. The molecule has 0 heterocycles. The second-order valence-electron chi connectivity index (χ2n) is 3.72. The molecule has 0 aromatic heterocycles. The summed E-state index contributed by atoms with van der Waals surface area (Å²) in [5, 5.41) is 0. The highest BCUT2D eigenvalue weighted by Crippen LogP contribution is 2.29. The Morgan fingerprint density at radius 2 is 1.59 bits per heavy atom. The molecule has 0 aliphatic carbocycles. The highest BCUT2D eigenvalue weighted by molar-refractivity contribution is 5.83. The maximum Gasteiger partial charge on any atom is 0.256 e. The zero-order chi connectivity index (χ0) is 12.3. The van der Waals surface area contributed by atoms with E-state index in [4.69, 9.17) is 5.73 Å². The van der Waals surface area contributed by atoms with Crippen LogP contribution in [0.1, 0.15) is 11.7 Å². The van der Waals surface area contributed by atoms with Gasteiger partial charge in [0.15, 0.2) is 0 Å². The summed E-state index contributed by atoms with van der Waals surface area (Å²) in [6.45, 7) is 0. The van der Waals surface area contributed by atoms with Crippen molar-refractivity contribution in [2.24, 2.45) is 5.73 Å². The smallest absolute Gasteiger partial charge is 0.256 e. The average Bonchev–Trinajstić information content (AvgIpc) is 2.39. The van der Waals surface area contributed by atoms with Crippen LogP contribution in [0, 0.1) is 0 Å². The summed E-state index contributed by atoms with van der Waals surface area (Å²) >= 11 is 0. The zero-order valence-corrected chi connectivity index (χ0v) is 9.14. The van der Waals surface area contributed by atoms with Crippen LogP contribution in [0.25, 0.3) is 11.1 Å². The van der Waals surface area contributed by atoms with Crippen LogP contribution in [0.5, 0.6) is 0 Å². The van der Waals surface area contributed by atoms with Crippen LogP contribution < -0.4 is 5.73 Å². The van der Waals surface area contributed by atoms with Crippen molar-refractivity contribution in [3.8, 4) is 11.1 Å². The van der Waals surface area contributed by atoms with Gasteiger partial charge in [-0.25, -0.2) is 4.39 Å². The number of benzene rings is 2. The van der Waals surface area contributed by atoms with E-state index < -0.39 is 12.1 Å². The van der Waals surface area contributed by atoms with Crippen LogP contribution >= 0.6 is 0 Å². The number of primary amides is 1. The Kier molecular flexibility index (Phi) is 3.19. The molecule has 1 atom stereocenters. The molecule has 2 N–H and O–H groups in total. The van der Waals surface area contributed by atoms with Crippen LogP contribution in [0.2, 0.25) is 0 Å². The largest absolute Gasteiger partial charge is 0.367 e. The van der Waals surface area contributed by atoms with Gasteiger partial charge < -0.3 is 5.73 Å². The molecule has 1 unspecified atom stereocenters. The van der Waals surface area contributed by atoms with Gasteiger partial charge in [0.2, 0.25) is 6.17 Å². The minimum Gasteiger partial charge on any atom is -0.367 e. The monoisotopic (exact) mass is 229 g/mol.